The van der Waals surface area contributed by atoms with Crippen LogP contribution < -0.4 is 10.6 Å². The van der Waals surface area contributed by atoms with Gasteiger partial charge in [-0.25, -0.2) is 4.39 Å². The van der Waals surface area contributed by atoms with Gasteiger partial charge in [0.1, 0.15) is 5.82 Å². The smallest absolute Gasteiger partial charge is 0.239 e. The number of hydrogen-bond acceptors (Lipinski definition) is 2. The molecule has 0 aliphatic rings. The van der Waals surface area contributed by atoms with Crippen molar-refractivity contribution in [3.05, 3.63) is 35.1 Å². The first-order chi connectivity index (χ1) is 8.36. The molecule has 0 saturated carbocycles. The first kappa shape index (κ1) is 14.6. The molecule has 0 fully saturated rings. The number of amides is 1. The van der Waals surface area contributed by atoms with E-state index >= 15 is 0 Å². The topological polar surface area (TPSA) is 41.1 Å². The van der Waals surface area contributed by atoms with Crippen molar-refractivity contribution in [1.82, 2.24) is 10.6 Å². The quantitative estimate of drug-likeness (QED) is 0.843. The van der Waals surface area contributed by atoms with Crippen LogP contribution in [0.3, 0.4) is 0 Å². The van der Waals surface area contributed by atoms with Crippen LogP contribution in [0.1, 0.15) is 31.9 Å². The Labute approximate surface area is 108 Å². The Balaban J connectivity index is 2.60. The van der Waals surface area contributed by atoms with Crippen molar-refractivity contribution in [3.63, 3.8) is 0 Å². The second-order valence-electron chi connectivity index (χ2n) is 4.92. The van der Waals surface area contributed by atoms with Crippen LogP contribution in [0, 0.1) is 12.7 Å². The van der Waals surface area contributed by atoms with E-state index in [2.05, 4.69) is 10.6 Å². The Hall–Kier alpha value is -1.42. The highest BCUT2D eigenvalue weighted by Gasteiger charge is 2.25. The Bertz CT molecular complexity index is 430. The Morgan fingerprint density at radius 2 is 2.06 bits per heavy atom. The molecule has 2 N–H and O–H groups in total. The summed E-state index contributed by atoms with van der Waals surface area (Å²) < 4.78 is 13.3. The van der Waals surface area contributed by atoms with Crippen molar-refractivity contribution in [2.24, 2.45) is 0 Å². The molecule has 0 heterocycles. The average Bonchev–Trinajstić information content (AvgIpc) is 2.30. The second-order valence-corrected chi connectivity index (χ2v) is 4.92. The molecule has 0 unspecified atom stereocenters. The first-order valence-electron chi connectivity index (χ1n) is 6.15. The van der Waals surface area contributed by atoms with Crippen molar-refractivity contribution in [2.45, 2.75) is 39.8 Å². The third kappa shape index (κ3) is 3.81. The lowest BCUT2D eigenvalue weighted by molar-refractivity contribution is -0.126. The molecule has 0 aromatic heterocycles. The fourth-order valence-corrected chi connectivity index (χ4v) is 1.67. The summed E-state index contributed by atoms with van der Waals surface area (Å²) in [7, 11) is 0. The van der Waals surface area contributed by atoms with Gasteiger partial charge in [-0.1, -0.05) is 19.1 Å². The lowest BCUT2D eigenvalue weighted by Gasteiger charge is -2.24. The van der Waals surface area contributed by atoms with Gasteiger partial charge in [0, 0.05) is 6.54 Å². The molecule has 1 amide bonds. The van der Waals surface area contributed by atoms with Crippen LogP contribution in [0.5, 0.6) is 0 Å². The summed E-state index contributed by atoms with van der Waals surface area (Å²) in [5.74, 6) is -0.335. The van der Waals surface area contributed by atoms with E-state index in [0.29, 0.717) is 12.1 Å². The van der Waals surface area contributed by atoms with E-state index in [1.807, 2.05) is 26.8 Å². The van der Waals surface area contributed by atoms with E-state index in [1.54, 1.807) is 13.0 Å². The van der Waals surface area contributed by atoms with Crippen molar-refractivity contribution in [1.29, 1.82) is 0 Å². The molecule has 1 aromatic rings. The maximum Gasteiger partial charge on any atom is 0.239 e. The molecule has 0 radical (unpaired) electrons. The fraction of sp³-hybridized carbons (Fsp3) is 0.500. The van der Waals surface area contributed by atoms with Gasteiger partial charge in [-0.2, -0.15) is 0 Å². The molecular weight excluding hydrogens is 231 g/mol. The molecule has 0 bridgehead atoms. The van der Waals surface area contributed by atoms with Gasteiger partial charge in [-0.15, -0.1) is 0 Å². The lowest BCUT2D eigenvalue weighted by atomic mass is 10.0. The minimum absolute atomic E-state index is 0.0923. The van der Waals surface area contributed by atoms with Crippen molar-refractivity contribution < 1.29 is 9.18 Å². The van der Waals surface area contributed by atoms with Gasteiger partial charge in [0.05, 0.1) is 5.54 Å². The van der Waals surface area contributed by atoms with Gasteiger partial charge in [0.25, 0.3) is 0 Å². The summed E-state index contributed by atoms with van der Waals surface area (Å²) in [6, 6.07) is 4.99. The van der Waals surface area contributed by atoms with Crippen LogP contribution in [0.25, 0.3) is 0 Å². The van der Waals surface area contributed by atoms with E-state index in [9.17, 15) is 9.18 Å². The number of likely N-dealkylation sites (N-methyl/N-ethyl adjacent to an activating group) is 1. The summed E-state index contributed by atoms with van der Waals surface area (Å²) in [6.07, 6.45) is 0. The van der Waals surface area contributed by atoms with Crippen LogP contribution in [-0.2, 0) is 11.3 Å². The molecular formula is C14H21FN2O. The zero-order chi connectivity index (χ0) is 13.8. The van der Waals surface area contributed by atoms with Crippen LogP contribution in [0.2, 0.25) is 0 Å². The Kier molecular flexibility index (Phi) is 4.84. The molecule has 4 heteroatoms. The minimum Gasteiger partial charge on any atom is -0.350 e. The highest BCUT2D eigenvalue weighted by Crippen LogP contribution is 2.09. The molecule has 0 saturated heterocycles. The molecule has 100 valence electrons. The number of carbonyl (C=O) groups excluding carboxylic acids is 1. The first-order valence-corrected chi connectivity index (χ1v) is 6.15. The van der Waals surface area contributed by atoms with Crippen molar-refractivity contribution >= 4 is 5.91 Å². The number of hydrogen-bond donors (Lipinski definition) is 2. The average molecular weight is 252 g/mol. The lowest BCUT2D eigenvalue weighted by Crippen LogP contribution is -2.52. The third-order valence-electron chi connectivity index (χ3n) is 2.88. The zero-order valence-electron chi connectivity index (χ0n) is 11.4. The summed E-state index contributed by atoms with van der Waals surface area (Å²) in [5.41, 5.74) is 0.759. The van der Waals surface area contributed by atoms with Crippen LogP contribution in [0.4, 0.5) is 4.39 Å². The predicted octanol–water partition coefficient (Wildman–Crippen LogP) is 2.14. The molecule has 1 rings (SSSR count). The van der Waals surface area contributed by atoms with E-state index < -0.39 is 5.54 Å². The summed E-state index contributed by atoms with van der Waals surface area (Å²) in [6.45, 7) is 8.36. The van der Waals surface area contributed by atoms with Crippen LogP contribution in [-0.4, -0.2) is 18.0 Å². The highest BCUT2D eigenvalue weighted by molar-refractivity contribution is 5.85. The largest absolute Gasteiger partial charge is 0.350 e. The maximum atomic E-state index is 13.3. The van der Waals surface area contributed by atoms with Gasteiger partial charge in [-0.3, -0.25) is 4.79 Å². The molecule has 0 aliphatic carbocycles. The Morgan fingerprint density at radius 3 is 2.61 bits per heavy atom. The monoisotopic (exact) mass is 252 g/mol. The van der Waals surface area contributed by atoms with E-state index in [4.69, 9.17) is 0 Å². The third-order valence-corrected chi connectivity index (χ3v) is 2.88. The fourth-order valence-electron chi connectivity index (χ4n) is 1.67. The van der Waals surface area contributed by atoms with Crippen molar-refractivity contribution in [3.8, 4) is 0 Å². The number of benzene rings is 1. The highest BCUT2D eigenvalue weighted by atomic mass is 19.1. The standard InChI is InChI=1S/C14H21FN2O/c1-5-17-14(3,4)13(18)16-9-11-7-6-10(2)12(15)8-11/h6-8,17H,5,9H2,1-4H3,(H,16,18). The van der Waals surface area contributed by atoms with Gasteiger partial charge in [0.15, 0.2) is 0 Å². The van der Waals surface area contributed by atoms with Crippen molar-refractivity contribution in [2.75, 3.05) is 6.54 Å². The Morgan fingerprint density at radius 1 is 1.39 bits per heavy atom. The van der Waals surface area contributed by atoms with Gasteiger partial charge in [-0.05, 0) is 44.5 Å². The maximum absolute atomic E-state index is 13.3. The van der Waals surface area contributed by atoms with E-state index in [0.717, 1.165) is 12.1 Å². The molecule has 0 atom stereocenters. The van der Waals surface area contributed by atoms with E-state index in [-0.39, 0.29) is 11.7 Å². The van der Waals surface area contributed by atoms with E-state index in [1.165, 1.54) is 6.07 Å². The number of carbonyl (C=O) groups is 1. The molecule has 0 spiro atoms. The van der Waals surface area contributed by atoms with Gasteiger partial charge in [0.2, 0.25) is 5.91 Å². The normalized spacial score (nSPS) is 11.4. The van der Waals surface area contributed by atoms with Gasteiger partial charge < -0.3 is 10.6 Å². The SMILES string of the molecule is CCNC(C)(C)C(=O)NCc1ccc(C)c(F)c1. The summed E-state index contributed by atoms with van der Waals surface area (Å²) >= 11 is 0. The zero-order valence-corrected chi connectivity index (χ0v) is 11.4. The number of halogens is 1. The number of rotatable bonds is 5. The summed E-state index contributed by atoms with van der Waals surface area (Å²) in [5, 5.41) is 5.89. The summed E-state index contributed by atoms with van der Waals surface area (Å²) in [4.78, 5) is 11.9. The second kappa shape index (κ2) is 5.96. The number of aryl methyl sites for hydroxylation is 1. The molecule has 1 aromatic carbocycles. The number of nitrogens with one attached hydrogen (secondary N) is 2. The predicted molar refractivity (Wildman–Crippen MR) is 70.7 cm³/mol. The minimum atomic E-state index is -0.613. The molecule has 0 aliphatic heterocycles. The molecule has 3 nitrogen and oxygen atoms in total. The van der Waals surface area contributed by atoms with Crippen LogP contribution in [0.15, 0.2) is 18.2 Å². The molecule has 18 heavy (non-hydrogen) atoms. The van der Waals surface area contributed by atoms with Gasteiger partial charge >= 0.3 is 0 Å². The van der Waals surface area contributed by atoms with Crippen LogP contribution >= 0.6 is 0 Å².